The second kappa shape index (κ2) is 6.43. The lowest BCUT2D eigenvalue weighted by atomic mass is 10.2. The van der Waals surface area contributed by atoms with Gasteiger partial charge in [0.15, 0.2) is 6.23 Å². The van der Waals surface area contributed by atoms with Gasteiger partial charge in [-0.2, -0.15) is 13.2 Å². The number of ether oxygens (including phenoxy) is 1. The number of benzene rings is 1. The number of nitrogens with one attached hydrogen (secondary N) is 1. The molecule has 1 fully saturated rings. The maximum absolute atomic E-state index is 12.6. The number of urea groups is 1. The highest BCUT2D eigenvalue weighted by Crippen LogP contribution is 2.32. The second-order valence-corrected chi connectivity index (χ2v) is 5.12. The predicted molar refractivity (Wildman–Crippen MR) is 72.3 cm³/mol. The number of likely N-dealkylation sites (tertiary alicyclic amines) is 1. The van der Waals surface area contributed by atoms with Crippen molar-refractivity contribution in [1.29, 1.82) is 0 Å². The Morgan fingerprint density at radius 3 is 2.82 bits per heavy atom. The monoisotopic (exact) mass is 318 g/mol. The van der Waals surface area contributed by atoms with Gasteiger partial charge in [-0.1, -0.05) is 6.07 Å². The molecule has 8 heteroatoms. The summed E-state index contributed by atoms with van der Waals surface area (Å²) in [6.45, 7) is 2.09. The molecule has 122 valence electrons. The van der Waals surface area contributed by atoms with Crippen molar-refractivity contribution in [2.45, 2.75) is 31.9 Å². The van der Waals surface area contributed by atoms with Crippen molar-refractivity contribution in [3.05, 3.63) is 29.8 Å². The zero-order chi connectivity index (χ0) is 16.3. The quantitative estimate of drug-likeness (QED) is 0.895. The van der Waals surface area contributed by atoms with Gasteiger partial charge in [0.05, 0.1) is 11.7 Å². The van der Waals surface area contributed by atoms with Gasteiger partial charge in [-0.05, 0) is 25.1 Å². The topological polar surface area (TPSA) is 61.8 Å². The zero-order valence-electron chi connectivity index (χ0n) is 11.9. The van der Waals surface area contributed by atoms with Gasteiger partial charge in [-0.15, -0.1) is 0 Å². The number of aliphatic hydroxyl groups excluding tert-OH is 1. The Kier molecular flexibility index (Phi) is 4.80. The molecular weight excluding hydrogens is 301 g/mol. The summed E-state index contributed by atoms with van der Waals surface area (Å²) >= 11 is 0. The number of amides is 2. The van der Waals surface area contributed by atoms with Gasteiger partial charge >= 0.3 is 12.2 Å². The number of hydrogen-bond acceptors (Lipinski definition) is 3. The van der Waals surface area contributed by atoms with E-state index in [2.05, 4.69) is 5.32 Å². The maximum atomic E-state index is 12.6. The molecular formula is C14H17F3N2O3. The van der Waals surface area contributed by atoms with E-state index in [1.165, 1.54) is 24.0 Å². The van der Waals surface area contributed by atoms with Gasteiger partial charge in [0.25, 0.3) is 0 Å². The first kappa shape index (κ1) is 16.4. The number of aliphatic hydroxyl groups is 1. The number of rotatable bonds is 4. The number of carbonyl (C=O) groups is 1. The zero-order valence-corrected chi connectivity index (χ0v) is 11.9. The summed E-state index contributed by atoms with van der Waals surface area (Å²) in [6, 6.07) is 4.13. The van der Waals surface area contributed by atoms with E-state index in [4.69, 9.17) is 9.84 Å². The minimum atomic E-state index is -4.44. The summed E-state index contributed by atoms with van der Waals surface area (Å²) in [5.41, 5.74) is -0.797. The van der Waals surface area contributed by atoms with Gasteiger partial charge in [0.1, 0.15) is 5.75 Å². The first-order valence-corrected chi connectivity index (χ1v) is 6.84. The molecule has 1 aliphatic heterocycles. The molecule has 1 aromatic rings. The first-order valence-electron chi connectivity index (χ1n) is 6.84. The lowest BCUT2D eigenvalue weighted by Gasteiger charge is -2.40. The molecule has 1 aliphatic rings. The smallest absolute Gasteiger partial charge is 0.416 e. The lowest BCUT2D eigenvalue weighted by Crippen LogP contribution is -2.57. The van der Waals surface area contributed by atoms with Crippen LogP contribution in [0.5, 0.6) is 5.75 Å². The first-order chi connectivity index (χ1) is 10.3. The van der Waals surface area contributed by atoms with Crippen LogP contribution in [0.3, 0.4) is 0 Å². The van der Waals surface area contributed by atoms with Crippen molar-refractivity contribution in [3.8, 4) is 5.75 Å². The van der Waals surface area contributed by atoms with Gasteiger partial charge < -0.3 is 15.2 Å². The summed E-state index contributed by atoms with van der Waals surface area (Å²) in [4.78, 5) is 13.2. The highest BCUT2D eigenvalue weighted by Gasteiger charge is 2.35. The van der Waals surface area contributed by atoms with Crippen LogP contribution in [0.4, 0.5) is 18.0 Å². The third-order valence-corrected chi connectivity index (χ3v) is 3.21. The fourth-order valence-electron chi connectivity index (χ4n) is 1.96. The molecule has 2 unspecified atom stereocenters. The molecule has 0 aromatic heterocycles. The van der Waals surface area contributed by atoms with Crippen LogP contribution < -0.4 is 10.1 Å². The van der Waals surface area contributed by atoms with E-state index in [9.17, 15) is 18.0 Å². The fourth-order valence-corrected chi connectivity index (χ4v) is 1.96. The average Bonchev–Trinajstić information content (AvgIpc) is 2.41. The van der Waals surface area contributed by atoms with Crippen LogP contribution in [0.1, 0.15) is 18.9 Å². The normalized spacial score (nSPS) is 19.3. The maximum Gasteiger partial charge on any atom is 0.416 e. The molecule has 1 aromatic carbocycles. The van der Waals surface area contributed by atoms with E-state index >= 15 is 0 Å². The Morgan fingerprint density at radius 2 is 2.27 bits per heavy atom. The number of nitrogens with zero attached hydrogens (tertiary/aromatic N) is 1. The summed E-state index contributed by atoms with van der Waals surface area (Å²) in [7, 11) is 0. The number of halogens is 3. The Bertz CT molecular complexity index is 534. The molecule has 0 radical (unpaired) electrons. The third-order valence-electron chi connectivity index (χ3n) is 3.21. The van der Waals surface area contributed by atoms with Crippen molar-refractivity contribution in [1.82, 2.24) is 10.2 Å². The minimum absolute atomic E-state index is 0.0628. The minimum Gasteiger partial charge on any atom is -0.470 e. The van der Waals surface area contributed by atoms with Gasteiger partial charge in [0.2, 0.25) is 0 Å². The van der Waals surface area contributed by atoms with E-state index in [1.807, 2.05) is 0 Å². The molecule has 22 heavy (non-hydrogen) atoms. The van der Waals surface area contributed by atoms with Gasteiger partial charge in [-0.3, -0.25) is 4.90 Å². The van der Waals surface area contributed by atoms with Gasteiger partial charge in [-0.25, -0.2) is 4.79 Å². The van der Waals surface area contributed by atoms with Crippen molar-refractivity contribution in [2.24, 2.45) is 0 Å². The molecule has 0 aliphatic carbocycles. The van der Waals surface area contributed by atoms with E-state index in [0.29, 0.717) is 13.0 Å². The average molecular weight is 318 g/mol. The second-order valence-electron chi connectivity index (χ2n) is 5.12. The molecule has 5 nitrogen and oxygen atoms in total. The van der Waals surface area contributed by atoms with Crippen molar-refractivity contribution in [2.75, 3.05) is 13.1 Å². The largest absolute Gasteiger partial charge is 0.470 e. The number of alkyl halides is 3. The van der Waals surface area contributed by atoms with Crippen LogP contribution in [0.2, 0.25) is 0 Å². The van der Waals surface area contributed by atoms with Crippen molar-refractivity contribution in [3.63, 3.8) is 0 Å². The fraction of sp³-hybridized carbons (Fsp3) is 0.500. The number of hydrogen-bond donors (Lipinski definition) is 2. The van der Waals surface area contributed by atoms with E-state index in [1.54, 1.807) is 0 Å². The Labute approximate surface area is 125 Å². The highest BCUT2D eigenvalue weighted by atomic mass is 19.4. The van der Waals surface area contributed by atoms with E-state index < -0.39 is 30.1 Å². The number of carbonyl (C=O) groups excluding carboxylic acids is 1. The molecule has 2 atom stereocenters. The third kappa shape index (κ3) is 4.03. The molecule has 0 spiro atoms. The molecule has 2 N–H and O–H groups in total. The van der Waals surface area contributed by atoms with Crippen LogP contribution in [0.15, 0.2) is 24.3 Å². The Morgan fingerprint density at radius 1 is 1.55 bits per heavy atom. The molecule has 2 amide bonds. The molecule has 2 rings (SSSR count). The van der Waals surface area contributed by atoms with Gasteiger partial charge in [0, 0.05) is 19.5 Å². The standard InChI is InChI=1S/C14H17F3N2O3/c1-9(20)8-18-13(21)19-6-5-12(19)22-11-4-2-3-10(7-11)14(15,16)17/h2-4,7,9,12,20H,5-6,8H2,1H3,(H,18,21). The SMILES string of the molecule is CC(O)CNC(=O)N1CCC1Oc1cccc(C(F)(F)F)c1. The summed E-state index contributed by atoms with van der Waals surface area (Å²) in [6.07, 6.45) is -5.17. The van der Waals surface area contributed by atoms with E-state index in [0.717, 1.165) is 12.1 Å². The summed E-state index contributed by atoms with van der Waals surface area (Å²) < 4.78 is 43.3. The lowest BCUT2D eigenvalue weighted by molar-refractivity contribution is -0.137. The van der Waals surface area contributed by atoms with Crippen LogP contribution in [-0.2, 0) is 6.18 Å². The van der Waals surface area contributed by atoms with Crippen LogP contribution in [0, 0.1) is 0 Å². The highest BCUT2D eigenvalue weighted by molar-refractivity contribution is 5.75. The Balaban J connectivity index is 1.95. The molecule has 1 saturated heterocycles. The summed E-state index contributed by atoms with van der Waals surface area (Å²) in [5.74, 6) is 0.0628. The predicted octanol–water partition coefficient (Wildman–Crippen LogP) is 2.21. The van der Waals surface area contributed by atoms with Crippen molar-refractivity contribution >= 4 is 6.03 Å². The Hall–Kier alpha value is -1.96. The van der Waals surface area contributed by atoms with E-state index in [-0.39, 0.29) is 12.3 Å². The van der Waals surface area contributed by atoms with Crippen LogP contribution in [0.25, 0.3) is 0 Å². The molecule has 0 saturated carbocycles. The van der Waals surface area contributed by atoms with Crippen molar-refractivity contribution < 1.29 is 27.8 Å². The van der Waals surface area contributed by atoms with Crippen LogP contribution in [-0.4, -0.2) is 41.5 Å². The molecule has 0 bridgehead atoms. The van der Waals surface area contributed by atoms with Crippen LogP contribution >= 0.6 is 0 Å². The summed E-state index contributed by atoms with van der Waals surface area (Å²) in [5, 5.41) is 11.6. The molecule has 1 heterocycles.